The Bertz CT molecular complexity index is 438. The van der Waals surface area contributed by atoms with Gasteiger partial charge in [-0.05, 0) is 6.92 Å². The lowest BCUT2D eigenvalue weighted by molar-refractivity contribution is -0.140. The van der Waals surface area contributed by atoms with E-state index in [-0.39, 0.29) is 23.8 Å². The van der Waals surface area contributed by atoms with Gasteiger partial charge in [-0.25, -0.2) is 9.97 Å². The van der Waals surface area contributed by atoms with E-state index in [1.807, 2.05) is 0 Å². The number of hydrogen-bond acceptors (Lipinski definition) is 5. The summed E-state index contributed by atoms with van der Waals surface area (Å²) in [6, 6.07) is 0. The Morgan fingerprint density at radius 1 is 1.47 bits per heavy atom. The average molecular weight is 288 g/mol. The van der Waals surface area contributed by atoms with Gasteiger partial charge in [-0.15, -0.1) is 0 Å². The van der Waals surface area contributed by atoms with Crippen molar-refractivity contribution in [3.05, 3.63) is 23.2 Å². The van der Waals surface area contributed by atoms with Crippen LogP contribution in [0.25, 0.3) is 0 Å². The first-order valence-electron chi connectivity index (χ1n) is 5.62. The predicted octanol–water partition coefficient (Wildman–Crippen LogP) is 0.740. The molecule has 104 valence electrons. The first kappa shape index (κ1) is 15.3. The molecule has 19 heavy (non-hydrogen) atoms. The van der Waals surface area contributed by atoms with Crippen LogP contribution in [0.4, 0.5) is 0 Å². The van der Waals surface area contributed by atoms with Crippen molar-refractivity contribution >= 4 is 23.5 Å². The summed E-state index contributed by atoms with van der Waals surface area (Å²) in [7, 11) is 0. The van der Waals surface area contributed by atoms with Gasteiger partial charge < -0.3 is 15.2 Å². The zero-order valence-corrected chi connectivity index (χ0v) is 11.1. The Hall–Kier alpha value is -1.73. The molecular weight excluding hydrogens is 274 g/mol. The van der Waals surface area contributed by atoms with E-state index in [1.54, 1.807) is 6.92 Å². The van der Waals surface area contributed by atoms with Crippen molar-refractivity contribution in [2.24, 2.45) is 0 Å². The zero-order valence-electron chi connectivity index (χ0n) is 10.3. The van der Waals surface area contributed by atoms with Gasteiger partial charge in [0.2, 0.25) is 0 Å². The minimum Gasteiger partial charge on any atom is -0.481 e. The first-order chi connectivity index (χ1) is 9.02. The van der Waals surface area contributed by atoms with Gasteiger partial charge in [0.05, 0.1) is 24.9 Å². The molecule has 0 radical (unpaired) electrons. The number of carbonyl (C=O) groups is 2. The second kappa shape index (κ2) is 7.65. The second-order valence-electron chi connectivity index (χ2n) is 3.61. The fraction of sp³-hybridized carbons (Fsp3) is 0.455. The highest BCUT2D eigenvalue weighted by atomic mass is 35.5. The molecule has 1 rings (SSSR count). The summed E-state index contributed by atoms with van der Waals surface area (Å²) in [5.74, 6) is -1.45. The molecule has 0 saturated heterocycles. The molecule has 0 spiro atoms. The number of nitrogens with one attached hydrogen (secondary N) is 1. The highest BCUT2D eigenvalue weighted by Crippen LogP contribution is 2.02. The standard InChI is InChI=1S/C11H14ClN3O4/c1-2-19-7(3-10(16)17)4-15-11(18)8-5-14-9(12)6-13-8/h5-7H,2-4H2,1H3,(H,15,18)(H,16,17). The summed E-state index contributed by atoms with van der Waals surface area (Å²) >= 11 is 5.55. The van der Waals surface area contributed by atoms with Crippen LogP contribution in [-0.2, 0) is 9.53 Å². The number of carboxylic acids is 1. The van der Waals surface area contributed by atoms with E-state index in [9.17, 15) is 9.59 Å². The van der Waals surface area contributed by atoms with Crippen LogP contribution in [0.2, 0.25) is 5.15 Å². The van der Waals surface area contributed by atoms with Gasteiger partial charge in [0.1, 0.15) is 10.8 Å². The van der Waals surface area contributed by atoms with E-state index >= 15 is 0 Å². The van der Waals surface area contributed by atoms with E-state index in [1.165, 1.54) is 12.4 Å². The molecule has 8 heteroatoms. The molecule has 0 aromatic carbocycles. The Morgan fingerprint density at radius 3 is 2.74 bits per heavy atom. The Labute approximate surface area is 115 Å². The fourth-order valence-electron chi connectivity index (χ4n) is 1.35. The smallest absolute Gasteiger partial charge is 0.306 e. The molecule has 1 aromatic rings. The van der Waals surface area contributed by atoms with Crippen LogP contribution in [-0.4, -0.2) is 46.2 Å². The van der Waals surface area contributed by atoms with Crippen LogP contribution < -0.4 is 5.32 Å². The minimum atomic E-state index is -0.987. The molecule has 0 saturated carbocycles. The van der Waals surface area contributed by atoms with Crippen LogP contribution in [0.1, 0.15) is 23.8 Å². The number of ether oxygens (including phenoxy) is 1. The Kier molecular flexibility index (Phi) is 6.17. The molecule has 0 aliphatic heterocycles. The summed E-state index contributed by atoms with van der Waals surface area (Å²) in [5, 5.41) is 11.4. The first-order valence-corrected chi connectivity index (χ1v) is 5.99. The van der Waals surface area contributed by atoms with Crippen molar-refractivity contribution in [1.82, 2.24) is 15.3 Å². The third-order valence-electron chi connectivity index (χ3n) is 2.15. The molecule has 1 aromatic heterocycles. The number of rotatable bonds is 7. The topological polar surface area (TPSA) is 101 Å². The molecule has 1 unspecified atom stereocenters. The van der Waals surface area contributed by atoms with Gasteiger partial charge in [0, 0.05) is 13.2 Å². The van der Waals surface area contributed by atoms with Gasteiger partial charge in [-0.3, -0.25) is 9.59 Å². The quantitative estimate of drug-likeness (QED) is 0.767. The van der Waals surface area contributed by atoms with Crippen molar-refractivity contribution < 1.29 is 19.4 Å². The van der Waals surface area contributed by atoms with E-state index in [4.69, 9.17) is 21.4 Å². The number of halogens is 1. The molecule has 2 N–H and O–H groups in total. The molecule has 0 aliphatic carbocycles. The van der Waals surface area contributed by atoms with Crippen LogP contribution in [0, 0.1) is 0 Å². The van der Waals surface area contributed by atoms with Gasteiger partial charge in [-0.1, -0.05) is 11.6 Å². The third-order valence-corrected chi connectivity index (χ3v) is 2.34. The van der Waals surface area contributed by atoms with Crippen LogP contribution in [0.3, 0.4) is 0 Å². The van der Waals surface area contributed by atoms with Crippen molar-refractivity contribution in [2.75, 3.05) is 13.2 Å². The summed E-state index contributed by atoms with van der Waals surface area (Å²) in [4.78, 5) is 29.8. The maximum absolute atomic E-state index is 11.7. The van der Waals surface area contributed by atoms with Gasteiger partial charge in [0.15, 0.2) is 0 Å². The molecule has 0 aliphatic rings. The molecule has 1 atom stereocenters. The van der Waals surface area contributed by atoms with E-state index in [0.717, 1.165) is 0 Å². The van der Waals surface area contributed by atoms with Crippen LogP contribution in [0.15, 0.2) is 12.4 Å². The molecule has 7 nitrogen and oxygen atoms in total. The number of carbonyl (C=O) groups excluding carboxylic acids is 1. The molecule has 1 amide bonds. The molecule has 1 heterocycles. The van der Waals surface area contributed by atoms with E-state index < -0.39 is 18.0 Å². The molecule has 0 fully saturated rings. The number of carboxylic acid groups (broad SMARTS) is 1. The monoisotopic (exact) mass is 287 g/mol. The minimum absolute atomic E-state index is 0.0866. The molecule has 0 bridgehead atoms. The summed E-state index contributed by atoms with van der Waals surface area (Å²) < 4.78 is 5.21. The third kappa shape index (κ3) is 5.62. The predicted molar refractivity (Wildman–Crippen MR) is 67.0 cm³/mol. The molecular formula is C11H14ClN3O4. The van der Waals surface area contributed by atoms with E-state index in [0.29, 0.717) is 6.61 Å². The van der Waals surface area contributed by atoms with Crippen LogP contribution in [0.5, 0.6) is 0 Å². The van der Waals surface area contributed by atoms with Crippen molar-refractivity contribution in [2.45, 2.75) is 19.4 Å². The van der Waals surface area contributed by atoms with Crippen molar-refractivity contribution in [1.29, 1.82) is 0 Å². The van der Waals surface area contributed by atoms with Crippen molar-refractivity contribution in [3.63, 3.8) is 0 Å². The summed E-state index contributed by atoms with van der Waals surface area (Å²) in [5.41, 5.74) is 0.106. The van der Waals surface area contributed by atoms with Gasteiger partial charge in [0.25, 0.3) is 5.91 Å². The fourth-order valence-corrected chi connectivity index (χ4v) is 1.44. The number of amides is 1. The number of nitrogens with zero attached hydrogens (tertiary/aromatic N) is 2. The highest BCUT2D eigenvalue weighted by Gasteiger charge is 2.15. The maximum Gasteiger partial charge on any atom is 0.306 e. The van der Waals surface area contributed by atoms with E-state index in [2.05, 4.69) is 15.3 Å². The number of aliphatic carboxylic acids is 1. The Balaban J connectivity index is 2.51. The highest BCUT2D eigenvalue weighted by molar-refractivity contribution is 6.29. The second-order valence-corrected chi connectivity index (χ2v) is 4.00. The van der Waals surface area contributed by atoms with Gasteiger partial charge >= 0.3 is 5.97 Å². The zero-order chi connectivity index (χ0) is 14.3. The summed E-state index contributed by atoms with van der Waals surface area (Å²) in [6.07, 6.45) is 1.74. The maximum atomic E-state index is 11.7. The average Bonchev–Trinajstić information content (AvgIpc) is 2.36. The van der Waals surface area contributed by atoms with Gasteiger partial charge in [-0.2, -0.15) is 0 Å². The van der Waals surface area contributed by atoms with Crippen molar-refractivity contribution in [3.8, 4) is 0 Å². The normalized spacial score (nSPS) is 11.9. The number of aromatic nitrogens is 2. The van der Waals surface area contributed by atoms with Crippen LogP contribution >= 0.6 is 11.6 Å². The Morgan fingerprint density at radius 2 is 2.21 bits per heavy atom. The lowest BCUT2D eigenvalue weighted by Crippen LogP contribution is -2.35. The lowest BCUT2D eigenvalue weighted by Gasteiger charge is -2.15. The number of hydrogen-bond donors (Lipinski definition) is 2. The summed E-state index contributed by atoms with van der Waals surface area (Å²) in [6.45, 7) is 2.21. The SMILES string of the molecule is CCOC(CNC(=O)c1cnc(Cl)cn1)CC(=O)O. The largest absolute Gasteiger partial charge is 0.481 e. The lowest BCUT2D eigenvalue weighted by atomic mass is 10.2.